The SMILES string of the molecule is COCCN1C=CC(Oc2ccc3c(c2)OC(C)CN(CC(O)CN2CCc4ccccc4C2)C3=O)=CC1. The Labute approximate surface area is 224 Å². The number of allylic oxidation sites excluding steroid dienone is 1. The normalized spacial score (nSPS) is 20.2. The van der Waals surface area contributed by atoms with Crippen molar-refractivity contribution in [1.82, 2.24) is 14.7 Å². The van der Waals surface area contributed by atoms with E-state index in [1.54, 1.807) is 30.2 Å². The predicted molar refractivity (Wildman–Crippen MR) is 145 cm³/mol. The quantitative estimate of drug-likeness (QED) is 0.546. The minimum absolute atomic E-state index is 0.135. The molecule has 1 N–H and O–H groups in total. The van der Waals surface area contributed by atoms with Crippen LogP contribution in [0.4, 0.5) is 0 Å². The van der Waals surface area contributed by atoms with E-state index in [1.165, 1.54) is 11.1 Å². The van der Waals surface area contributed by atoms with Gasteiger partial charge >= 0.3 is 0 Å². The molecule has 0 fully saturated rings. The van der Waals surface area contributed by atoms with Gasteiger partial charge in [-0.15, -0.1) is 0 Å². The molecule has 0 saturated carbocycles. The zero-order valence-corrected chi connectivity index (χ0v) is 22.2. The fourth-order valence-electron chi connectivity index (χ4n) is 5.24. The summed E-state index contributed by atoms with van der Waals surface area (Å²) in [6.45, 7) is 7.11. The molecular formula is C30H37N3O5. The first-order valence-corrected chi connectivity index (χ1v) is 13.3. The molecule has 0 aromatic heterocycles. The molecule has 38 heavy (non-hydrogen) atoms. The number of benzene rings is 2. The van der Waals surface area contributed by atoms with Crippen LogP contribution in [-0.2, 0) is 17.7 Å². The van der Waals surface area contributed by atoms with Gasteiger partial charge in [0.15, 0.2) is 0 Å². The van der Waals surface area contributed by atoms with Crippen molar-refractivity contribution >= 4 is 5.91 Å². The number of ether oxygens (including phenoxy) is 3. The molecule has 2 aromatic rings. The molecule has 2 atom stereocenters. The van der Waals surface area contributed by atoms with Crippen LogP contribution in [0, 0.1) is 0 Å². The van der Waals surface area contributed by atoms with Gasteiger partial charge in [-0.2, -0.15) is 0 Å². The van der Waals surface area contributed by atoms with Gasteiger partial charge in [0, 0.05) is 58.6 Å². The molecule has 3 aliphatic heterocycles. The Balaban J connectivity index is 1.20. The maximum atomic E-state index is 13.4. The largest absolute Gasteiger partial charge is 0.488 e. The highest BCUT2D eigenvalue weighted by molar-refractivity contribution is 5.97. The number of hydrogen-bond acceptors (Lipinski definition) is 7. The summed E-state index contributed by atoms with van der Waals surface area (Å²) in [5.41, 5.74) is 3.18. The zero-order valence-electron chi connectivity index (χ0n) is 22.2. The van der Waals surface area contributed by atoms with Crippen LogP contribution >= 0.6 is 0 Å². The van der Waals surface area contributed by atoms with Gasteiger partial charge in [-0.1, -0.05) is 24.3 Å². The summed E-state index contributed by atoms with van der Waals surface area (Å²) in [6.07, 6.45) is 6.05. The van der Waals surface area contributed by atoms with Gasteiger partial charge in [-0.3, -0.25) is 9.69 Å². The van der Waals surface area contributed by atoms with E-state index in [2.05, 4.69) is 34.1 Å². The van der Waals surface area contributed by atoms with Gasteiger partial charge in [0.25, 0.3) is 5.91 Å². The number of fused-ring (bicyclic) bond motifs is 2. The molecule has 0 spiro atoms. The van der Waals surface area contributed by atoms with Crippen molar-refractivity contribution in [3.05, 3.63) is 83.3 Å². The average molecular weight is 520 g/mol. The molecule has 2 aromatic carbocycles. The van der Waals surface area contributed by atoms with Crippen LogP contribution in [0.25, 0.3) is 0 Å². The Morgan fingerprint density at radius 2 is 2.00 bits per heavy atom. The standard InChI is InChI=1S/C30H37N3O5/c1-22-18-33(21-25(34)20-32-12-9-23-5-3-4-6-24(23)19-32)30(35)28-8-7-27(17-29(28)37-22)38-26-10-13-31(14-11-26)15-16-36-2/h3-8,10-11,13,17,22,25,34H,9,12,14-16,18-21H2,1-2H3. The van der Waals surface area contributed by atoms with Crippen LogP contribution in [-0.4, -0.2) is 90.9 Å². The molecule has 8 nitrogen and oxygen atoms in total. The van der Waals surface area contributed by atoms with Crippen molar-refractivity contribution in [3.8, 4) is 11.5 Å². The molecule has 5 rings (SSSR count). The molecule has 202 valence electrons. The van der Waals surface area contributed by atoms with E-state index in [1.807, 2.05) is 25.3 Å². The van der Waals surface area contributed by atoms with Crippen LogP contribution in [0.2, 0.25) is 0 Å². The highest BCUT2D eigenvalue weighted by Gasteiger charge is 2.30. The van der Waals surface area contributed by atoms with Crippen molar-refractivity contribution in [2.24, 2.45) is 0 Å². The van der Waals surface area contributed by atoms with E-state index in [9.17, 15) is 9.90 Å². The van der Waals surface area contributed by atoms with E-state index in [4.69, 9.17) is 14.2 Å². The monoisotopic (exact) mass is 519 g/mol. The maximum absolute atomic E-state index is 13.4. The van der Waals surface area contributed by atoms with Gasteiger partial charge in [-0.25, -0.2) is 0 Å². The average Bonchev–Trinajstić information content (AvgIpc) is 3.03. The molecule has 0 aliphatic carbocycles. The summed E-state index contributed by atoms with van der Waals surface area (Å²) in [6, 6.07) is 13.8. The van der Waals surface area contributed by atoms with Crippen molar-refractivity contribution in [1.29, 1.82) is 0 Å². The fourth-order valence-corrected chi connectivity index (χ4v) is 5.24. The number of hydrogen-bond donors (Lipinski definition) is 1. The molecule has 2 unspecified atom stereocenters. The molecule has 0 radical (unpaired) electrons. The minimum Gasteiger partial charge on any atom is -0.488 e. The smallest absolute Gasteiger partial charge is 0.257 e. The van der Waals surface area contributed by atoms with Crippen molar-refractivity contribution in [3.63, 3.8) is 0 Å². The van der Waals surface area contributed by atoms with Crippen molar-refractivity contribution in [2.45, 2.75) is 32.1 Å². The predicted octanol–water partition coefficient (Wildman–Crippen LogP) is 3.07. The Hall–Kier alpha value is -3.33. The second kappa shape index (κ2) is 12.0. The topological polar surface area (TPSA) is 74.7 Å². The van der Waals surface area contributed by atoms with Crippen LogP contribution in [0.15, 0.2) is 66.6 Å². The van der Waals surface area contributed by atoms with Crippen LogP contribution in [0.5, 0.6) is 11.5 Å². The third kappa shape index (κ3) is 6.38. The van der Waals surface area contributed by atoms with Gasteiger partial charge < -0.3 is 29.1 Å². The fraction of sp³-hybridized carbons (Fsp3) is 0.433. The van der Waals surface area contributed by atoms with Gasteiger partial charge in [0.1, 0.15) is 23.4 Å². The summed E-state index contributed by atoms with van der Waals surface area (Å²) >= 11 is 0. The third-order valence-electron chi connectivity index (χ3n) is 7.18. The number of carbonyl (C=O) groups is 1. The lowest BCUT2D eigenvalue weighted by Gasteiger charge is -2.32. The first-order valence-electron chi connectivity index (χ1n) is 13.3. The molecule has 0 saturated heterocycles. The van der Waals surface area contributed by atoms with Crippen LogP contribution in [0.3, 0.4) is 0 Å². The minimum atomic E-state index is -0.644. The van der Waals surface area contributed by atoms with E-state index in [0.717, 1.165) is 38.4 Å². The number of nitrogens with zero attached hydrogens (tertiary/aromatic N) is 3. The molecule has 1 amide bonds. The lowest BCUT2D eigenvalue weighted by atomic mass is 10.00. The summed E-state index contributed by atoms with van der Waals surface area (Å²) in [4.78, 5) is 19.6. The van der Waals surface area contributed by atoms with Crippen molar-refractivity contribution in [2.75, 3.05) is 53.0 Å². The first kappa shape index (κ1) is 26.3. The Morgan fingerprint density at radius 1 is 1.16 bits per heavy atom. The lowest BCUT2D eigenvalue weighted by Crippen LogP contribution is -2.45. The Bertz CT molecular complexity index is 1200. The molecule has 3 aliphatic rings. The van der Waals surface area contributed by atoms with E-state index < -0.39 is 6.10 Å². The van der Waals surface area contributed by atoms with Crippen LogP contribution < -0.4 is 9.47 Å². The molecular weight excluding hydrogens is 482 g/mol. The van der Waals surface area contributed by atoms with Gasteiger partial charge in [-0.05, 0) is 48.8 Å². The lowest BCUT2D eigenvalue weighted by molar-refractivity contribution is 0.0454. The van der Waals surface area contributed by atoms with E-state index >= 15 is 0 Å². The number of aliphatic hydroxyl groups is 1. The summed E-state index contributed by atoms with van der Waals surface area (Å²) in [5.74, 6) is 1.73. The molecule has 0 bridgehead atoms. The van der Waals surface area contributed by atoms with Gasteiger partial charge in [0.2, 0.25) is 0 Å². The second-order valence-corrected chi connectivity index (χ2v) is 10.2. The highest BCUT2D eigenvalue weighted by atomic mass is 16.5. The summed E-state index contributed by atoms with van der Waals surface area (Å²) in [5, 5.41) is 10.9. The molecule has 8 heteroatoms. The third-order valence-corrected chi connectivity index (χ3v) is 7.18. The number of aliphatic hydroxyl groups excluding tert-OH is 1. The Kier molecular flexibility index (Phi) is 8.32. The maximum Gasteiger partial charge on any atom is 0.257 e. The van der Waals surface area contributed by atoms with E-state index in [0.29, 0.717) is 36.8 Å². The van der Waals surface area contributed by atoms with Crippen molar-refractivity contribution < 1.29 is 24.1 Å². The second-order valence-electron chi connectivity index (χ2n) is 10.2. The number of β-amino-alcohol motifs (C(OH)–C–C–N with tert-alkyl or cyclic N) is 1. The first-order chi connectivity index (χ1) is 18.5. The number of rotatable bonds is 9. The molecule has 3 heterocycles. The number of methoxy groups -OCH3 is 1. The van der Waals surface area contributed by atoms with Gasteiger partial charge in [0.05, 0.1) is 24.8 Å². The van der Waals surface area contributed by atoms with E-state index in [-0.39, 0.29) is 18.6 Å². The summed E-state index contributed by atoms with van der Waals surface area (Å²) in [7, 11) is 1.69. The van der Waals surface area contributed by atoms with Crippen LogP contribution in [0.1, 0.15) is 28.4 Å². The summed E-state index contributed by atoms with van der Waals surface area (Å²) < 4.78 is 17.3. The highest BCUT2D eigenvalue weighted by Crippen LogP contribution is 2.31. The number of amides is 1. The zero-order chi connectivity index (χ0) is 26.5. The Morgan fingerprint density at radius 3 is 2.79 bits per heavy atom. The number of carbonyl (C=O) groups excluding carboxylic acids is 1.